The molecule has 0 heterocycles. The number of hydrogen-bond donors (Lipinski definition) is 0. The number of ether oxygens (including phenoxy) is 1. The molecule has 0 radical (unpaired) electrons. The van der Waals surface area contributed by atoms with Crippen molar-refractivity contribution in [1.82, 2.24) is 0 Å². The highest BCUT2D eigenvalue weighted by Crippen LogP contribution is 2.32. The fraction of sp³-hybridized carbons (Fsp3) is 0.200. The summed E-state index contributed by atoms with van der Waals surface area (Å²) in [5.41, 5.74) is 2.17. The van der Waals surface area contributed by atoms with Crippen LogP contribution in [-0.4, -0.2) is 7.11 Å². The van der Waals surface area contributed by atoms with E-state index in [-0.39, 0.29) is 5.38 Å². The molecule has 0 aliphatic rings. The number of methoxy groups -OCH3 is 1. The molecule has 100 valence electrons. The van der Waals surface area contributed by atoms with Crippen LogP contribution in [0.1, 0.15) is 16.5 Å². The van der Waals surface area contributed by atoms with Crippen LogP contribution in [0, 0.1) is 0 Å². The van der Waals surface area contributed by atoms with Crippen LogP contribution in [0.2, 0.25) is 5.02 Å². The molecular formula is C15H13BrCl2O. The summed E-state index contributed by atoms with van der Waals surface area (Å²) >= 11 is 16.0. The van der Waals surface area contributed by atoms with Gasteiger partial charge >= 0.3 is 0 Å². The van der Waals surface area contributed by atoms with Gasteiger partial charge in [-0.1, -0.05) is 45.7 Å². The van der Waals surface area contributed by atoms with E-state index < -0.39 is 0 Å². The van der Waals surface area contributed by atoms with Crippen LogP contribution in [0.3, 0.4) is 0 Å². The molecule has 0 bridgehead atoms. The molecule has 0 N–H and O–H groups in total. The number of halogens is 3. The number of benzene rings is 2. The third kappa shape index (κ3) is 3.88. The molecule has 0 aromatic heterocycles. The molecular weight excluding hydrogens is 347 g/mol. The van der Waals surface area contributed by atoms with Crippen molar-refractivity contribution in [2.75, 3.05) is 7.11 Å². The minimum absolute atomic E-state index is 0.113. The van der Waals surface area contributed by atoms with Crippen molar-refractivity contribution >= 4 is 39.1 Å². The average Bonchev–Trinajstić information content (AvgIpc) is 2.38. The second-order valence-electron chi connectivity index (χ2n) is 4.20. The van der Waals surface area contributed by atoms with Crippen molar-refractivity contribution in [3.8, 4) is 5.75 Å². The fourth-order valence-corrected chi connectivity index (χ4v) is 2.89. The first-order valence-corrected chi connectivity index (χ1v) is 7.43. The Morgan fingerprint density at radius 2 is 2.00 bits per heavy atom. The molecule has 19 heavy (non-hydrogen) atoms. The zero-order valence-electron chi connectivity index (χ0n) is 10.4. The lowest BCUT2D eigenvalue weighted by Gasteiger charge is -2.12. The monoisotopic (exact) mass is 358 g/mol. The Hall–Kier alpha value is -0.700. The van der Waals surface area contributed by atoms with E-state index in [2.05, 4.69) is 28.1 Å². The zero-order chi connectivity index (χ0) is 13.8. The molecule has 0 fully saturated rings. The van der Waals surface area contributed by atoms with E-state index in [4.69, 9.17) is 27.9 Å². The Labute approximate surface area is 131 Å². The Morgan fingerprint density at radius 1 is 1.21 bits per heavy atom. The maximum absolute atomic E-state index is 6.45. The van der Waals surface area contributed by atoms with Crippen LogP contribution in [0.15, 0.2) is 46.9 Å². The lowest BCUT2D eigenvalue weighted by Crippen LogP contribution is -1.96. The van der Waals surface area contributed by atoms with Crippen LogP contribution in [0.4, 0.5) is 0 Å². The molecule has 0 saturated carbocycles. The Morgan fingerprint density at radius 3 is 2.63 bits per heavy atom. The number of hydrogen-bond acceptors (Lipinski definition) is 1. The third-order valence-corrected chi connectivity index (χ3v) is 4.04. The molecule has 2 rings (SSSR count). The molecule has 2 aromatic carbocycles. The third-order valence-electron chi connectivity index (χ3n) is 2.84. The lowest BCUT2D eigenvalue weighted by molar-refractivity contribution is 0.415. The van der Waals surface area contributed by atoms with Gasteiger partial charge < -0.3 is 4.74 Å². The standard InChI is InChI=1S/C15H13BrCl2O/c1-19-15-6-5-11(9-14(15)18)13(17)8-10-3-2-4-12(16)7-10/h2-7,9,13H,8H2,1H3. The summed E-state index contributed by atoms with van der Waals surface area (Å²) in [7, 11) is 1.60. The highest BCUT2D eigenvalue weighted by atomic mass is 79.9. The van der Waals surface area contributed by atoms with E-state index in [0.717, 1.165) is 16.5 Å². The maximum Gasteiger partial charge on any atom is 0.137 e. The van der Waals surface area contributed by atoms with Gasteiger partial charge in [0.1, 0.15) is 5.75 Å². The molecule has 0 aliphatic carbocycles. The van der Waals surface area contributed by atoms with Crippen LogP contribution >= 0.6 is 39.1 Å². The lowest BCUT2D eigenvalue weighted by atomic mass is 10.0. The Balaban J connectivity index is 2.15. The molecule has 4 heteroatoms. The van der Waals surface area contributed by atoms with Crippen molar-refractivity contribution in [3.05, 3.63) is 63.1 Å². The van der Waals surface area contributed by atoms with E-state index >= 15 is 0 Å². The summed E-state index contributed by atoms with van der Waals surface area (Å²) < 4.78 is 6.19. The van der Waals surface area contributed by atoms with Gasteiger partial charge in [0.25, 0.3) is 0 Å². The van der Waals surface area contributed by atoms with Crippen molar-refractivity contribution in [2.24, 2.45) is 0 Å². The molecule has 0 spiro atoms. The molecule has 1 atom stereocenters. The van der Waals surface area contributed by atoms with Gasteiger partial charge in [0, 0.05) is 4.47 Å². The van der Waals surface area contributed by atoms with Gasteiger partial charge in [0.05, 0.1) is 17.5 Å². The topological polar surface area (TPSA) is 9.23 Å². The summed E-state index contributed by atoms with van der Waals surface area (Å²) in [6.45, 7) is 0. The summed E-state index contributed by atoms with van der Waals surface area (Å²) in [6, 6.07) is 13.8. The summed E-state index contributed by atoms with van der Waals surface area (Å²) in [6.07, 6.45) is 0.754. The van der Waals surface area contributed by atoms with Gasteiger partial charge in [-0.3, -0.25) is 0 Å². The van der Waals surface area contributed by atoms with E-state index in [0.29, 0.717) is 10.8 Å². The van der Waals surface area contributed by atoms with Crippen LogP contribution < -0.4 is 4.74 Å². The SMILES string of the molecule is COc1ccc(C(Cl)Cc2cccc(Br)c2)cc1Cl. The predicted octanol–water partition coefficient (Wildman–Crippen LogP) is 5.63. The van der Waals surface area contributed by atoms with Gasteiger partial charge in [0.2, 0.25) is 0 Å². The Bertz CT molecular complexity index is 572. The number of alkyl halides is 1. The smallest absolute Gasteiger partial charge is 0.137 e. The van der Waals surface area contributed by atoms with Gasteiger partial charge in [-0.05, 0) is 41.8 Å². The van der Waals surface area contributed by atoms with E-state index in [1.165, 1.54) is 5.56 Å². The zero-order valence-corrected chi connectivity index (χ0v) is 13.5. The first kappa shape index (κ1) is 14.7. The van der Waals surface area contributed by atoms with Crippen LogP contribution in [0.25, 0.3) is 0 Å². The van der Waals surface area contributed by atoms with E-state index in [1.807, 2.05) is 30.3 Å². The second-order valence-corrected chi connectivity index (χ2v) is 6.05. The summed E-state index contributed by atoms with van der Waals surface area (Å²) in [5, 5.41) is 0.470. The molecule has 1 unspecified atom stereocenters. The van der Waals surface area contributed by atoms with E-state index in [9.17, 15) is 0 Å². The van der Waals surface area contributed by atoms with Crippen LogP contribution in [0.5, 0.6) is 5.75 Å². The van der Waals surface area contributed by atoms with Gasteiger partial charge in [0.15, 0.2) is 0 Å². The van der Waals surface area contributed by atoms with Crippen molar-refractivity contribution in [2.45, 2.75) is 11.8 Å². The average molecular weight is 360 g/mol. The second kappa shape index (κ2) is 6.65. The maximum atomic E-state index is 6.45. The fourth-order valence-electron chi connectivity index (χ4n) is 1.87. The van der Waals surface area contributed by atoms with Gasteiger partial charge in [-0.25, -0.2) is 0 Å². The minimum atomic E-state index is -0.113. The largest absolute Gasteiger partial charge is 0.495 e. The molecule has 1 nitrogen and oxygen atoms in total. The molecule has 0 saturated heterocycles. The van der Waals surface area contributed by atoms with Crippen molar-refractivity contribution in [3.63, 3.8) is 0 Å². The van der Waals surface area contributed by atoms with Crippen molar-refractivity contribution < 1.29 is 4.74 Å². The molecule has 0 amide bonds. The molecule has 2 aromatic rings. The van der Waals surface area contributed by atoms with Gasteiger partial charge in [-0.15, -0.1) is 11.6 Å². The van der Waals surface area contributed by atoms with Crippen molar-refractivity contribution in [1.29, 1.82) is 0 Å². The van der Waals surface area contributed by atoms with E-state index in [1.54, 1.807) is 7.11 Å². The highest BCUT2D eigenvalue weighted by Gasteiger charge is 2.11. The highest BCUT2D eigenvalue weighted by molar-refractivity contribution is 9.10. The summed E-state index contributed by atoms with van der Waals surface area (Å²) in [4.78, 5) is 0. The predicted molar refractivity (Wildman–Crippen MR) is 84.4 cm³/mol. The first-order chi connectivity index (χ1) is 9.10. The van der Waals surface area contributed by atoms with Crippen LogP contribution in [-0.2, 0) is 6.42 Å². The van der Waals surface area contributed by atoms with Gasteiger partial charge in [-0.2, -0.15) is 0 Å². The normalized spacial score (nSPS) is 12.2. The quantitative estimate of drug-likeness (QED) is 0.642. The Kier molecular flexibility index (Phi) is 5.14. The number of rotatable bonds is 4. The first-order valence-electron chi connectivity index (χ1n) is 5.82. The summed E-state index contributed by atoms with van der Waals surface area (Å²) in [5.74, 6) is 0.664. The minimum Gasteiger partial charge on any atom is -0.495 e. The molecule has 0 aliphatic heterocycles.